The molecular formula is C14H17BrO4. The molecule has 1 saturated carbocycles. The summed E-state index contributed by atoms with van der Waals surface area (Å²) in [6.07, 6.45) is -0.240. The number of hydrogen-bond acceptors (Lipinski definition) is 4. The van der Waals surface area contributed by atoms with Gasteiger partial charge in [-0.1, -0.05) is 15.9 Å². The van der Waals surface area contributed by atoms with E-state index in [0.29, 0.717) is 19.6 Å². The zero-order valence-electron chi connectivity index (χ0n) is 11.0. The number of rotatable bonds is 6. The van der Waals surface area contributed by atoms with Gasteiger partial charge < -0.3 is 14.2 Å². The molecule has 2 unspecified atom stereocenters. The van der Waals surface area contributed by atoms with Gasteiger partial charge in [0.2, 0.25) is 0 Å². The van der Waals surface area contributed by atoms with Gasteiger partial charge in [0.15, 0.2) is 11.9 Å². The fourth-order valence-corrected chi connectivity index (χ4v) is 2.14. The maximum absolute atomic E-state index is 11.5. The molecule has 1 fully saturated rings. The Labute approximate surface area is 121 Å². The summed E-state index contributed by atoms with van der Waals surface area (Å²) >= 11 is 3.44. The summed E-state index contributed by atoms with van der Waals surface area (Å²) in [4.78, 5) is 11.5. The van der Waals surface area contributed by atoms with Crippen molar-refractivity contribution in [2.75, 3.05) is 20.3 Å². The van der Waals surface area contributed by atoms with E-state index >= 15 is 0 Å². The highest BCUT2D eigenvalue weighted by atomic mass is 79.9. The molecule has 0 radical (unpaired) electrons. The number of carbonyl (C=O) groups is 1. The summed E-state index contributed by atoms with van der Waals surface area (Å²) in [5, 5.41) is 0. The van der Waals surface area contributed by atoms with Crippen LogP contribution < -0.4 is 4.74 Å². The lowest BCUT2D eigenvalue weighted by Crippen LogP contribution is -2.52. The average Bonchev–Trinajstić information content (AvgIpc) is 2.38. The molecule has 1 aliphatic carbocycles. The lowest BCUT2D eigenvalue weighted by Gasteiger charge is -2.34. The Bertz CT molecular complexity index is 461. The topological polar surface area (TPSA) is 44.8 Å². The second-order valence-electron chi connectivity index (χ2n) is 4.52. The minimum atomic E-state index is -0.459. The van der Waals surface area contributed by atoms with Crippen molar-refractivity contribution in [3.8, 4) is 5.75 Å². The SMILES string of the molecule is COCCOC1C(=O)CC1Oc1ccc(Br)c(C)c1. The summed E-state index contributed by atoms with van der Waals surface area (Å²) in [6, 6.07) is 5.76. The van der Waals surface area contributed by atoms with Gasteiger partial charge in [-0.2, -0.15) is 0 Å². The van der Waals surface area contributed by atoms with Crippen LogP contribution in [0.1, 0.15) is 12.0 Å². The van der Waals surface area contributed by atoms with E-state index in [1.54, 1.807) is 7.11 Å². The predicted octanol–water partition coefficient (Wildman–Crippen LogP) is 2.51. The monoisotopic (exact) mass is 328 g/mol. The number of aryl methyl sites for hydroxylation is 1. The van der Waals surface area contributed by atoms with Crippen LogP contribution in [0.2, 0.25) is 0 Å². The van der Waals surface area contributed by atoms with Gasteiger partial charge in [0.1, 0.15) is 11.9 Å². The van der Waals surface area contributed by atoms with E-state index in [4.69, 9.17) is 14.2 Å². The van der Waals surface area contributed by atoms with Crippen molar-refractivity contribution in [2.45, 2.75) is 25.6 Å². The lowest BCUT2D eigenvalue weighted by molar-refractivity contribution is -0.156. The summed E-state index contributed by atoms with van der Waals surface area (Å²) in [5.74, 6) is 0.855. The van der Waals surface area contributed by atoms with Crippen LogP contribution in [0.15, 0.2) is 22.7 Å². The molecule has 0 aliphatic heterocycles. The largest absolute Gasteiger partial charge is 0.487 e. The van der Waals surface area contributed by atoms with E-state index in [1.807, 2.05) is 25.1 Å². The van der Waals surface area contributed by atoms with Crippen molar-refractivity contribution in [1.29, 1.82) is 0 Å². The molecule has 0 bridgehead atoms. The number of Topliss-reactive ketones (excluding diaryl/α,β-unsaturated/α-hetero) is 1. The van der Waals surface area contributed by atoms with Crippen molar-refractivity contribution >= 4 is 21.7 Å². The molecule has 0 amide bonds. The van der Waals surface area contributed by atoms with Crippen LogP contribution in [-0.2, 0) is 14.3 Å². The fraction of sp³-hybridized carbons (Fsp3) is 0.500. The Morgan fingerprint density at radius 2 is 2.16 bits per heavy atom. The number of ether oxygens (including phenoxy) is 3. The smallest absolute Gasteiger partial charge is 0.169 e. The number of hydrogen-bond donors (Lipinski definition) is 0. The molecule has 0 saturated heterocycles. The van der Waals surface area contributed by atoms with Crippen LogP contribution in [0.3, 0.4) is 0 Å². The molecule has 19 heavy (non-hydrogen) atoms. The van der Waals surface area contributed by atoms with Crippen LogP contribution >= 0.6 is 15.9 Å². The fourth-order valence-electron chi connectivity index (χ4n) is 1.90. The summed E-state index contributed by atoms with van der Waals surface area (Å²) < 4.78 is 17.2. The highest BCUT2D eigenvalue weighted by Crippen LogP contribution is 2.28. The lowest BCUT2D eigenvalue weighted by atomic mass is 9.90. The number of ketones is 1. The Hall–Kier alpha value is -0.910. The standard InChI is InChI=1S/C14H17BrO4/c1-9-7-10(3-4-11(9)15)19-13-8-12(16)14(13)18-6-5-17-2/h3-4,7,13-14H,5-6,8H2,1-2H3. The summed E-state index contributed by atoms with van der Waals surface area (Å²) in [5.41, 5.74) is 1.10. The molecular weight excluding hydrogens is 312 g/mol. The van der Waals surface area contributed by atoms with Crippen LogP contribution in [0.5, 0.6) is 5.75 Å². The Morgan fingerprint density at radius 1 is 1.37 bits per heavy atom. The molecule has 5 heteroatoms. The van der Waals surface area contributed by atoms with Crippen molar-refractivity contribution in [3.05, 3.63) is 28.2 Å². The van der Waals surface area contributed by atoms with Crippen molar-refractivity contribution < 1.29 is 19.0 Å². The van der Waals surface area contributed by atoms with Gasteiger partial charge >= 0.3 is 0 Å². The third kappa shape index (κ3) is 3.55. The van der Waals surface area contributed by atoms with E-state index in [1.165, 1.54) is 0 Å². The number of methoxy groups -OCH3 is 1. The second-order valence-corrected chi connectivity index (χ2v) is 5.38. The molecule has 1 aromatic rings. The molecule has 0 heterocycles. The molecule has 104 valence electrons. The van der Waals surface area contributed by atoms with Crippen LogP contribution in [0.25, 0.3) is 0 Å². The van der Waals surface area contributed by atoms with Crippen molar-refractivity contribution in [2.24, 2.45) is 0 Å². The molecule has 4 nitrogen and oxygen atoms in total. The highest BCUT2D eigenvalue weighted by Gasteiger charge is 2.42. The second kappa shape index (κ2) is 6.50. The van der Waals surface area contributed by atoms with Gasteiger partial charge in [-0.15, -0.1) is 0 Å². The minimum Gasteiger partial charge on any atom is -0.487 e. The maximum Gasteiger partial charge on any atom is 0.169 e. The zero-order valence-corrected chi connectivity index (χ0v) is 12.6. The molecule has 0 N–H and O–H groups in total. The molecule has 0 spiro atoms. The number of halogens is 1. The van der Waals surface area contributed by atoms with Gasteiger partial charge in [-0.05, 0) is 30.7 Å². The van der Waals surface area contributed by atoms with Crippen LogP contribution in [0, 0.1) is 6.92 Å². The first-order chi connectivity index (χ1) is 9.11. The molecule has 1 aliphatic rings. The summed E-state index contributed by atoms with van der Waals surface area (Å²) in [7, 11) is 1.60. The van der Waals surface area contributed by atoms with Gasteiger partial charge in [-0.25, -0.2) is 0 Å². The van der Waals surface area contributed by atoms with Gasteiger partial charge in [0, 0.05) is 18.0 Å². The third-order valence-corrected chi connectivity index (χ3v) is 3.95. The summed E-state index contributed by atoms with van der Waals surface area (Å²) in [6.45, 7) is 2.88. The molecule has 0 aromatic heterocycles. The van der Waals surface area contributed by atoms with E-state index in [9.17, 15) is 4.79 Å². The normalized spacial score (nSPS) is 22.2. The van der Waals surface area contributed by atoms with Crippen LogP contribution in [0.4, 0.5) is 0 Å². The first-order valence-corrected chi connectivity index (χ1v) is 6.97. The maximum atomic E-state index is 11.5. The van der Waals surface area contributed by atoms with Gasteiger partial charge in [0.05, 0.1) is 13.2 Å². The van der Waals surface area contributed by atoms with E-state index in [-0.39, 0.29) is 11.9 Å². The predicted molar refractivity (Wildman–Crippen MR) is 74.5 cm³/mol. The molecule has 1 aromatic carbocycles. The highest BCUT2D eigenvalue weighted by molar-refractivity contribution is 9.10. The van der Waals surface area contributed by atoms with Gasteiger partial charge in [-0.3, -0.25) is 4.79 Å². The average molecular weight is 329 g/mol. The number of benzene rings is 1. The van der Waals surface area contributed by atoms with E-state index in [2.05, 4.69) is 15.9 Å². The number of carbonyl (C=O) groups excluding carboxylic acids is 1. The zero-order chi connectivity index (χ0) is 13.8. The molecule has 2 atom stereocenters. The van der Waals surface area contributed by atoms with Crippen LogP contribution in [-0.4, -0.2) is 38.3 Å². The first-order valence-electron chi connectivity index (χ1n) is 6.18. The Kier molecular flexibility index (Phi) is 4.96. The first kappa shape index (κ1) is 14.5. The molecule has 2 rings (SSSR count). The quantitative estimate of drug-likeness (QED) is 0.753. The van der Waals surface area contributed by atoms with E-state index < -0.39 is 6.10 Å². The Balaban J connectivity index is 1.91. The van der Waals surface area contributed by atoms with Crippen molar-refractivity contribution in [3.63, 3.8) is 0 Å². The third-order valence-electron chi connectivity index (χ3n) is 3.06. The minimum absolute atomic E-state index is 0.0925. The van der Waals surface area contributed by atoms with E-state index in [0.717, 1.165) is 15.8 Å². The van der Waals surface area contributed by atoms with Gasteiger partial charge in [0.25, 0.3) is 0 Å². The Morgan fingerprint density at radius 3 is 2.79 bits per heavy atom. The van der Waals surface area contributed by atoms with Crippen molar-refractivity contribution in [1.82, 2.24) is 0 Å².